The molecule has 1 aromatic rings. The Kier molecular flexibility index (Phi) is 8.10. The number of nitrogens with zero attached hydrogens (tertiary/aromatic N) is 1. The molecule has 0 heterocycles. The molecule has 0 aliphatic rings. The van der Waals surface area contributed by atoms with Crippen LogP contribution in [0.15, 0.2) is 29.3 Å². The maximum Gasteiger partial charge on any atom is 0.0436 e. The van der Waals surface area contributed by atoms with Crippen molar-refractivity contribution in [3.05, 3.63) is 35.4 Å². The summed E-state index contributed by atoms with van der Waals surface area (Å²) in [4.78, 5) is 4.41. The number of aryl methyl sites for hydroxylation is 1. The van der Waals surface area contributed by atoms with Crippen LogP contribution in [0.25, 0.3) is 0 Å². The summed E-state index contributed by atoms with van der Waals surface area (Å²) in [6.45, 7) is 3.80. The van der Waals surface area contributed by atoms with Crippen LogP contribution in [0.2, 0.25) is 0 Å². The smallest absolute Gasteiger partial charge is 0.0436 e. The second-order valence-corrected chi connectivity index (χ2v) is 5.05. The van der Waals surface area contributed by atoms with Gasteiger partial charge in [0, 0.05) is 18.8 Å². The number of hydrogen-bond donors (Lipinski definition) is 2. The van der Waals surface area contributed by atoms with E-state index in [2.05, 4.69) is 36.2 Å². The molecular formula is C16H27N3. The zero-order valence-electron chi connectivity index (χ0n) is 12.0. The van der Waals surface area contributed by atoms with Crippen molar-refractivity contribution in [2.45, 2.75) is 45.1 Å². The third-order valence-corrected chi connectivity index (χ3v) is 3.26. The largest absolute Gasteiger partial charge is 0.330 e. The van der Waals surface area contributed by atoms with Crippen LogP contribution in [0.3, 0.4) is 0 Å². The first kappa shape index (κ1) is 15.9. The average Bonchev–Trinajstić information content (AvgIpc) is 2.40. The number of benzene rings is 1. The number of hydrogen-bond acceptors (Lipinski definition) is 3. The Balaban J connectivity index is 2.20. The van der Waals surface area contributed by atoms with Crippen LogP contribution in [-0.4, -0.2) is 25.3 Å². The van der Waals surface area contributed by atoms with E-state index >= 15 is 0 Å². The van der Waals surface area contributed by atoms with Crippen molar-refractivity contribution < 1.29 is 0 Å². The van der Waals surface area contributed by atoms with E-state index in [4.69, 9.17) is 11.5 Å². The van der Waals surface area contributed by atoms with Gasteiger partial charge in [0.25, 0.3) is 0 Å². The monoisotopic (exact) mass is 261 g/mol. The molecule has 1 unspecified atom stereocenters. The molecule has 1 rings (SSSR count). The summed E-state index contributed by atoms with van der Waals surface area (Å²) in [6, 6.07) is 8.39. The highest BCUT2D eigenvalue weighted by Gasteiger charge is 2.02. The van der Waals surface area contributed by atoms with Gasteiger partial charge in [-0.25, -0.2) is 0 Å². The van der Waals surface area contributed by atoms with Crippen LogP contribution in [0.1, 0.15) is 36.8 Å². The lowest BCUT2D eigenvalue weighted by atomic mass is 10.0. The number of rotatable bonds is 9. The van der Waals surface area contributed by atoms with E-state index in [1.165, 1.54) is 24.0 Å². The topological polar surface area (TPSA) is 64.4 Å². The molecule has 0 saturated carbocycles. The lowest BCUT2D eigenvalue weighted by Gasteiger charge is -2.08. The fourth-order valence-corrected chi connectivity index (χ4v) is 2.06. The second kappa shape index (κ2) is 9.70. The third-order valence-electron chi connectivity index (χ3n) is 3.26. The van der Waals surface area contributed by atoms with E-state index in [1.54, 1.807) is 0 Å². The Hall–Kier alpha value is -1.19. The Morgan fingerprint density at radius 1 is 1.16 bits per heavy atom. The molecule has 0 aromatic heterocycles. The highest BCUT2D eigenvalue weighted by atomic mass is 14.7. The van der Waals surface area contributed by atoms with Gasteiger partial charge in [-0.1, -0.05) is 37.1 Å². The Morgan fingerprint density at radius 3 is 2.63 bits per heavy atom. The summed E-state index contributed by atoms with van der Waals surface area (Å²) in [5.74, 6) is 0. The molecule has 0 radical (unpaired) electrons. The second-order valence-electron chi connectivity index (χ2n) is 5.05. The minimum absolute atomic E-state index is 0.0186. The lowest BCUT2D eigenvalue weighted by molar-refractivity contribution is 0.653. The molecule has 0 amide bonds. The van der Waals surface area contributed by atoms with E-state index in [0.717, 1.165) is 32.4 Å². The van der Waals surface area contributed by atoms with Crippen molar-refractivity contribution in [1.29, 1.82) is 0 Å². The minimum atomic E-state index is 0.0186. The van der Waals surface area contributed by atoms with Crippen molar-refractivity contribution in [3.63, 3.8) is 0 Å². The molecule has 4 N–H and O–H groups in total. The summed E-state index contributed by atoms with van der Waals surface area (Å²) in [5.41, 5.74) is 14.1. The predicted octanol–water partition coefficient (Wildman–Crippen LogP) is 2.45. The quantitative estimate of drug-likeness (QED) is 0.530. The molecule has 3 nitrogen and oxygen atoms in total. The first-order valence-electron chi connectivity index (χ1n) is 7.24. The maximum atomic E-state index is 6.07. The summed E-state index contributed by atoms with van der Waals surface area (Å²) >= 11 is 0. The fourth-order valence-electron chi connectivity index (χ4n) is 2.06. The van der Waals surface area contributed by atoms with Crippen LogP contribution < -0.4 is 11.5 Å². The van der Waals surface area contributed by atoms with Crippen molar-refractivity contribution >= 4 is 6.21 Å². The molecule has 1 aromatic carbocycles. The minimum Gasteiger partial charge on any atom is -0.330 e. The van der Waals surface area contributed by atoms with E-state index < -0.39 is 0 Å². The van der Waals surface area contributed by atoms with Crippen molar-refractivity contribution in [1.82, 2.24) is 0 Å². The summed E-state index contributed by atoms with van der Waals surface area (Å²) in [5, 5.41) is 0. The summed E-state index contributed by atoms with van der Waals surface area (Å²) in [6.07, 6.45) is 7.44. The fraction of sp³-hybridized carbons (Fsp3) is 0.562. The Labute approximate surface area is 117 Å². The van der Waals surface area contributed by atoms with Gasteiger partial charge in [-0.15, -0.1) is 0 Å². The van der Waals surface area contributed by atoms with Gasteiger partial charge < -0.3 is 11.5 Å². The van der Waals surface area contributed by atoms with Gasteiger partial charge in [0.15, 0.2) is 0 Å². The van der Waals surface area contributed by atoms with Crippen molar-refractivity contribution in [2.75, 3.05) is 13.1 Å². The first-order valence-corrected chi connectivity index (χ1v) is 7.24. The van der Waals surface area contributed by atoms with E-state index in [0.29, 0.717) is 0 Å². The Bertz CT molecular complexity index is 374. The lowest BCUT2D eigenvalue weighted by Crippen LogP contribution is -2.24. The van der Waals surface area contributed by atoms with E-state index in [-0.39, 0.29) is 6.04 Å². The SMILES string of the molecule is Cc1ccccc1CC(N)C=NCCCCCCN. The van der Waals surface area contributed by atoms with Gasteiger partial charge in [0.1, 0.15) is 0 Å². The molecule has 0 aliphatic carbocycles. The molecule has 0 spiro atoms. The standard InChI is InChI=1S/C16H27N3/c1-14-8-4-5-9-15(14)12-16(18)13-19-11-7-3-2-6-10-17/h4-5,8-9,13,16H,2-3,6-7,10-12,17-18H2,1H3. The number of unbranched alkanes of at least 4 members (excludes halogenated alkanes) is 3. The van der Waals surface area contributed by atoms with Crippen molar-refractivity contribution in [3.8, 4) is 0 Å². The molecule has 3 heteroatoms. The van der Waals surface area contributed by atoms with Gasteiger partial charge in [-0.05, 0) is 43.9 Å². The van der Waals surface area contributed by atoms with Crippen LogP contribution in [0, 0.1) is 6.92 Å². The predicted molar refractivity (Wildman–Crippen MR) is 83.7 cm³/mol. The zero-order chi connectivity index (χ0) is 13.9. The molecule has 1 atom stereocenters. The van der Waals surface area contributed by atoms with Gasteiger partial charge in [-0.2, -0.15) is 0 Å². The van der Waals surface area contributed by atoms with Crippen LogP contribution in [0.5, 0.6) is 0 Å². The molecule has 0 aliphatic heterocycles. The third kappa shape index (κ3) is 7.09. The summed E-state index contributed by atoms with van der Waals surface area (Å²) in [7, 11) is 0. The molecule has 0 saturated heterocycles. The number of aliphatic imine (C=N–C) groups is 1. The van der Waals surface area contributed by atoms with Crippen LogP contribution >= 0.6 is 0 Å². The molecular weight excluding hydrogens is 234 g/mol. The first-order chi connectivity index (χ1) is 9.24. The van der Waals surface area contributed by atoms with Gasteiger partial charge in [0.2, 0.25) is 0 Å². The van der Waals surface area contributed by atoms with E-state index in [9.17, 15) is 0 Å². The average molecular weight is 261 g/mol. The van der Waals surface area contributed by atoms with Gasteiger partial charge in [0.05, 0.1) is 0 Å². The molecule has 19 heavy (non-hydrogen) atoms. The highest BCUT2D eigenvalue weighted by Crippen LogP contribution is 2.08. The van der Waals surface area contributed by atoms with Crippen LogP contribution in [-0.2, 0) is 6.42 Å². The van der Waals surface area contributed by atoms with E-state index in [1.807, 2.05) is 6.21 Å². The highest BCUT2D eigenvalue weighted by molar-refractivity contribution is 5.64. The Morgan fingerprint density at radius 2 is 1.89 bits per heavy atom. The summed E-state index contributed by atoms with van der Waals surface area (Å²) < 4.78 is 0. The number of nitrogens with two attached hydrogens (primary N) is 2. The maximum absolute atomic E-state index is 6.07. The van der Waals surface area contributed by atoms with Crippen molar-refractivity contribution in [2.24, 2.45) is 16.5 Å². The van der Waals surface area contributed by atoms with Gasteiger partial charge >= 0.3 is 0 Å². The molecule has 106 valence electrons. The molecule has 0 bridgehead atoms. The molecule has 0 fully saturated rings. The van der Waals surface area contributed by atoms with Crippen LogP contribution in [0.4, 0.5) is 0 Å². The normalized spacial score (nSPS) is 13.0. The zero-order valence-corrected chi connectivity index (χ0v) is 12.0. The van der Waals surface area contributed by atoms with Gasteiger partial charge in [-0.3, -0.25) is 4.99 Å².